The molecule has 0 aliphatic carbocycles. The highest BCUT2D eigenvalue weighted by Gasteiger charge is 2.24. The number of benzene rings is 1. The van der Waals surface area contributed by atoms with Crippen molar-refractivity contribution in [1.82, 2.24) is 25.3 Å². The molecule has 0 bridgehead atoms. The zero-order valence-corrected chi connectivity index (χ0v) is 12.2. The van der Waals surface area contributed by atoms with E-state index in [1.54, 1.807) is 0 Å². The van der Waals surface area contributed by atoms with Crippen LogP contribution in [0, 0.1) is 0 Å². The third-order valence-electron chi connectivity index (χ3n) is 4.43. The van der Waals surface area contributed by atoms with Crippen LogP contribution in [-0.4, -0.2) is 27.5 Å². The maximum absolute atomic E-state index is 12.3. The summed E-state index contributed by atoms with van der Waals surface area (Å²) in [4.78, 5) is 17.5. The standard InChI is InChI=1S/C16H19N5O/c22-16-18-13-4-1-2-5-14(13)21(16)12-7-10-20(11-8-12)15-6-3-9-17-19-15/h1-6,9,12,17,19H,7-8,10-11H2,(H,18,22). The Hall–Kier alpha value is -2.63. The lowest BCUT2D eigenvalue weighted by Crippen LogP contribution is -2.43. The van der Waals surface area contributed by atoms with Crippen molar-refractivity contribution in [3.05, 3.63) is 58.9 Å². The number of allylic oxidation sites excluding steroid dienone is 2. The minimum atomic E-state index is -0.000688. The molecule has 2 aromatic rings. The Labute approximate surface area is 128 Å². The third-order valence-corrected chi connectivity index (χ3v) is 4.43. The quantitative estimate of drug-likeness (QED) is 0.784. The van der Waals surface area contributed by atoms with E-state index < -0.39 is 0 Å². The van der Waals surface area contributed by atoms with Crippen LogP contribution in [0.3, 0.4) is 0 Å². The summed E-state index contributed by atoms with van der Waals surface area (Å²) in [5, 5.41) is 0. The summed E-state index contributed by atoms with van der Waals surface area (Å²) in [7, 11) is 0. The number of H-pyrrole nitrogens is 1. The van der Waals surface area contributed by atoms with E-state index in [4.69, 9.17) is 0 Å². The number of likely N-dealkylation sites (tertiary alicyclic amines) is 1. The molecule has 6 nitrogen and oxygen atoms in total. The fraction of sp³-hybridized carbons (Fsp3) is 0.312. The first-order chi connectivity index (χ1) is 10.8. The van der Waals surface area contributed by atoms with Crippen molar-refractivity contribution in [3.8, 4) is 0 Å². The van der Waals surface area contributed by atoms with E-state index in [1.165, 1.54) is 0 Å². The predicted octanol–water partition coefficient (Wildman–Crippen LogP) is 1.43. The van der Waals surface area contributed by atoms with Crippen LogP contribution in [-0.2, 0) is 0 Å². The van der Waals surface area contributed by atoms with E-state index in [1.807, 2.05) is 41.1 Å². The first-order valence-corrected chi connectivity index (χ1v) is 7.65. The summed E-state index contributed by atoms with van der Waals surface area (Å²) in [5.74, 6) is 1.09. The Morgan fingerprint density at radius 2 is 1.95 bits per heavy atom. The molecule has 0 saturated carbocycles. The second-order valence-corrected chi connectivity index (χ2v) is 5.72. The number of para-hydroxylation sites is 2. The molecule has 1 fully saturated rings. The van der Waals surface area contributed by atoms with Crippen LogP contribution in [0.15, 0.2) is 53.2 Å². The number of rotatable bonds is 2. The molecule has 2 aliphatic rings. The number of hydrazine groups is 1. The number of hydrogen-bond donors (Lipinski definition) is 3. The minimum absolute atomic E-state index is 0.000688. The molecule has 0 radical (unpaired) electrons. The van der Waals surface area contributed by atoms with Gasteiger partial charge in [0.1, 0.15) is 5.82 Å². The number of hydrogen-bond acceptors (Lipinski definition) is 4. The second kappa shape index (κ2) is 5.29. The third kappa shape index (κ3) is 2.16. The summed E-state index contributed by atoms with van der Waals surface area (Å²) in [6.45, 7) is 1.87. The maximum atomic E-state index is 12.3. The van der Waals surface area contributed by atoms with Crippen LogP contribution in [0.25, 0.3) is 11.0 Å². The van der Waals surface area contributed by atoms with E-state index in [9.17, 15) is 4.79 Å². The molecule has 114 valence electrons. The van der Waals surface area contributed by atoms with Crippen molar-refractivity contribution < 1.29 is 0 Å². The second-order valence-electron chi connectivity index (χ2n) is 5.72. The molecule has 3 heterocycles. The summed E-state index contributed by atoms with van der Waals surface area (Å²) in [6, 6.07) is 8.16. The molecule has 6 heteroatoms. The van der Waals surface area contributed by atoms with Crippen molar-refractivity contribution in [1.29, 1.82) is 0 Å². The Morgan fingerprint density at radius 3 is 2.73 bits per heavy atom. The van der Waals surface area contributed by atoms with Crippen molar-refractivity contribution >= 4 is 11.0 Å². The SMILES string of the molecule is O=c1[nH]c2ccccc2n1C1CCN(C2=CC=CNN2)CC1. The number of piperidine rings is 1. The average Bonchev–Trinajstić information content (AvgIpc) is 2.91. The molecule has 22 heavy (non-hydrogen) atoms. The number of nitrogens with one attached hydrogen (secondary N) is 3. The van der Waals surface area contributed by atoms with E-state index in [0.29, 0.717) is 0 Å². The van der Waals surface area contributed by atoms with E-state index in [0.717, 1.165) is 42.8 Å². The molecule has 1 aromatic heterocycles. The summed E-state index contributed by atoms with van der Waals surface area (Å²) in [6.07, 6.45) is 7.84. The van der Waals surface area contributed by atoms with Gasteiger partial charge in [0.25, 0.3) is 0 Å². The van der Waals surface area contributed by atoms with Gasteiger partial charge in [0.15, 0.2) is 0 Å². The fourth-order valence-corrected chi connectivity index (χ4v) is 3.33. The monoisotopic (exact) mass is 297 g/mol. The van der Waals surface area contributed by atoms with Gasteiger partial charge in [-0.2, -0.15) is 0 Å². The lowest BCUT2D eigenvalue weighted by Gasteiger charge is -2.36. The van der Waals surface area contributed by atoms with Gasteiger partial charge in [-0.15, -0.1) is 0 Å². The summed E-state index contributed by atoms with van der Waals surface area (Å²) < 4.78 is 1.92. The fourth-order valence-electron chi connectivity index (χ4n) is 3.33. The molecule has 2 aliphatic heterocycles. The van der Waals surface area contributed by atoms with Crippen LogP contribution in [0.5, 0.6) is 0 Å². The lowest BCUT2D eigenvalue weighted by atomic mass is 10.0. The van der Waals surface area contributed by atoms with Gasteiger partial charge in [0.2, 0.25) is 0 Å². The molecule has 4 rings (SSSR count). The number of nitrogens with zero attached hydrogens (tertiary/aromatic N) is 2. The van der Waals surface area contributed by atoms with Crippen molar-refractivity contribution in [3.63, 3.8) is 0 Å². The molecular weight excluding hydrogens is 278 g/mol. The number of aromatic nitrogens is 2. The molecular formula is C16H19N5O. The molecule has 1 saturated heterocycles. The maximum Gasteiger partial charge on any atom is 0.326 e. The molecule has 0 unspecified atom stereocenters. The Kier molecular flexibility index (Phi) is 3.14. The van der Waals surface area contributed by atoms with Crippen molar-refractivity contribution in [2.45, 2.75) is 18.9 Å². The zero-order chi connectivity index (χ0) is 14.9. The van der Waals surface area contributed by atoms with Crippen molar-refractivity contribution in [2.75, 3.05) is 13.1 Å². The van der Waals surface area contributed by atoms with Gasteiger partial charge in [-0.05, 0) is 37.1 Å². The predicted molar refractivity (Wildman–Crippen MR) is 85.9 cm³/mol. The normalized spacial score (nSPS) is 18.9. The highest BCUT2D eigenvalue weighted by atomic mass is 16.1. The minimum Gasteiger partial charge on any atom is -0.357 e. The first-order valence-electron chi connectivity index (χ1n) is 7.65. The smallest absolute Gasteiger partial charge is 0.326 e. The molecule has 1 aromatic carbocycles. The number of aromatic amines is 1. The Morgan fingerprint density at radius 1 is 1.14 bits per heavy atom. The van der Waals surface area contributed by atoms with E-state index >= 15 is 0 Å². The van der Waals surface area contributed by atoms with Gasteiger partial charge in [0.05, 0.1) is 11.0 Å². The molecule has 3 N–H and O–H groups in total. The van der Waals surface area contributed by atoms with Gasteiger partial charge < -0.3 is 15.3 Å². The van der Waals surface area contributed by atoms with Crippen LogP contribution < -0.4 is 16.5 Å². The highest BCUT2D eigenvalue weighted by Crippen LogP contribution is 2.26. The van der Waals surface area contributed by atoms with Crippen molar-refractivity contribution in [2.24, 2.45) is 0 Å². The largest absolute Gasteiger partial charge is 0.357 e. The summed E-state index contributed by atoms with van der Waals surface area (Å²) in [5.41, 5.74) is 8.08. The number of fused-ring (bicyclic) bond motifs is 1. The Bertz CT molecular complexity index is 792. The average molecular weight is 297 g/mol. The van der Waals surface area contributed by atoms with Gasteiger partial charge in [-0.1, -0.05) is 12.1 Å². The van der Waals surface area contributed by atoms with Gasteiger partial charge in [0, 0.05) is 25.3 Å². The van der Waals surface area contributed by atoms with Crippen LogP contribution in [0.1, 0.15) is 18.9 Å². The van der Waals surface area contributed by atoms with E-state index in [-0.39, 0.29) is 11.7 Å². The Balaban J connectivity index is 1.56. The zero-order valence-electron chi connectivity index (χ0n) is 12.2. The van der Waals surface area contributed by atoms with Gasteiger partial charge >= 0.3 is 5.69 Å². The molecule has 0 amide bonds. The van der Waals surface area contributed by atoms with Crippen LogP contribution in [0.2, 0.25) is 0 Å². The first kappa shape index (κ1) is 13.1. The van der Waals surface area contributed by atoms with Gasteiger partial charge in [-0.3, -0.25) is 9.99 Å². The van der Waals surface area contributed by atoms with E-state index in [2.05, 4.69) is 26.8 Å². The lowest BCUT2D eigenvalue weighted by molar-refractivity contribution is 0.213. The summed E-state index contributed by atoms with van der Waals surface area (Å²) >= 11 is 0. The van der Waals surface area contributed by atoms with Crippen LogP contribution >= 0.6 is 0 Å². The highest BCUT2D eigenvalue weighted by molar-refractivity contribution is 5.75. The number of imidazole rings is 1. The van der Waals surface area contributed by atoms with Crippen LogP contribution in [0.4, 0.5) is 0 Å². The molecule has 0 spiro atoms. The topological polar surface area (TPSA) is 65.1 Å². The molecule has 0 atom stereocenters. The van der Waals surface area contributed by atoms with Gasteiger partial charge in [-0.25, -0.2) is 4.79 Å².